The first-order valence-electron chi connectivity index (χ1n) is 7.56. The Morgan fingerprint density at radius 2 is 1.71 bits per heavy atom. The number of carbonyl (C=O) groups excluding carboxylic acids is 2. The molecule has 6 heteroatoms. The molecular formula is C18H15Cl2NO3. The number of carbonyl (C=O) groups is 2. The zero-order chi connectivity index (χ0) is 17.1. The molecular weight excluding hydrogens is 349 g/mol. The zero-order valence-corrected chi connectivity index (χ0v) is 14.3. The third-order valence-corrected chi connectivity index (χ3v) is 4.25. The number of nitrogens with one attached hydrogen (secondary N) is 1. The Labute approximate surface area is 149 Å². The Bertz CT molecular complexity index is 785. The lowest BCUT2D eigenvalue weighted by Gasteiger charge is -2.08. The van der Waals surface area contributed by atoms with Crippen molar-refractivity contribution in [1.82, 2.24) is 0 Å². The van der Waals surface area contributed by atoms with Crippen LogP contribution >= 0.6 is 23.2 Å². The Balaban J connectivity index is 1.56. The lowest BCUT2D eigenvalue weighted by atomic mass is 10.1. The predicted molar refractivity (Wildman–Crippen MR) is 93.8 cm³/mol. The van der Waals surface area contributed by atoms with Crippen molar-refractivity contribution in [3.8, 4) is 0 Å². The van der Waals surface area contributed by atoms with Crippen molar-refractivity contribution in [3.05, 3.63) is 63.1 Å². The molecule has 0 saturated carbocycles. The quantitative estimate of drug-likeness (QED) is 0.824. The summed E-state index contributed by atoms with van der Waals surface area (Å²) in [7, 11) is 0. The summed E-state index contributed by atoms with van der Waals surface area (Å²) >= 11 is 11.7. The molecule has 1 aliphatic rings. The summed E-state index contributed by atoms with van der Waals surface area (Å²) in [5, 5.41) is 3.39. The van der Waals surface area contributed by atoms with Crippen molar-refractivity contribution in [2.24, 2.45) is 0 Å². The van der Waals surface area contributed by atoms with E-state index in [2.05, 4.69) is 5.32 Å². The monoisotopic (exact) mass is 363 g/mol. The Kier molecular flexibility index (Phi) is 5.07. The summed E-state index contributed by atoms with van der Waals surface area (Å²) in [5.74, 6) is -1.04. The van der Waals surface area contributed by atoms with Crippen LogP contribution in [-0.4, -0.2) is 18.5 Å². The van der Waals surface area contributed by atoms with Gasteiger partial charge in [-0.05, 0) is 60.7 Å². The first-order chi connectivity index (χ1) is 11.5. The van der Waals surface area contributed by atoms with Crippen molar-refractivity contribution in [3.63, 3.8) is 0 Å². The molecule has 24 heavy (non-hydrogen) atoms. The molecule has 3 rings (SSSR count). The first kappa shape index (κ1) is 16.8. The Morgan fingerprint density at radius 1 is 1.00 bits per heavy atom. The van der Waals surface area contributed by atoms with Crippen molar-refractivity contribution in [2.75, 3.05) is 11.9 Å². The number of esters is 1. The van der Waals surface area contributed by atoms with E-state index in [9.17, 15) is 9.59 Å². The molecule has 0 radical (unpaired) electrons. The number of benzene rings is 2. The summed E-state index contributed by atoms with van der Waals surface area (Å²) in [5.41, 5.74) is 3.51. The molecule has 0 unspecified atom stereocenters. The molecule has 0 spiro atoms. The smallest absolute Gasteiger partial charge is 0.338 e. The number of aryl methyl sites for hydroxylation is 2. The summed E-state index contributed by atoms with van der Waals surface area (Å²) < 4.78 is 5.00. The Hall–Kier alpha value is -2.04. The topological polar surface area (TPSA) is 55.4 Å². The van der Waals surface area contributed by atoms with Gasteiger partial charge in [-0.1, -0.05) is 29.3 Å². The minimum Gasteiger partial charge on any atom is -0.452 e. The van der Waals surface area contributed by atoms with Crippen LogP contribution in [0.15, 0.2) is 36.4 Å². The molecule has 124 valence electrons. The number of anilines is 1. The average molecular weight is 364 g/mol. The maximum Gasteiger partial charge on any atom is 0.338 e. The number of ether oxygens (including phenoxy) is 1. The fourth-order valence-corrected chi connectivity index (χ4v) is 3.26. The molecule has 0 aliphatic heterocycles. The molecule has 0 bridgehead atoms. The molecule has 0 aromatic heterocycles. The number of halogens is 2. The molecule has 1 aliphatic carbocycles. The highest BCUT2D eigenvalue weighted by atomic mass is 35.5. The van der Waals surface area contributed by atoms with Gasteiger partial charge in [0, 0.05) is 15.7 Å². The van der Waals surface area contributed by atoms with Gasteiger partial charge in [0.2, 0.25) is 0 Å². The Morgan fingerprint density at radius 3 is 2.46 bits per heavy atom. The van der Waals surface area contributed by atoms with Crippen LogP contribution in [0.3, 0.4) is 0 Å². The van der Waals surface area contributed by atoms with Gasteiger partial charge in [-0.3, -0.25) is 4.79 Å². The molecule has 0 saturated heterocycles. The van der Waals surface area contributed by atoms with Crippen LogP contribution in [0.5, 0.6) is 0 Å². The maximum absolute atomic E-state index is 11.9. The standard InChI is InChI=1S/C18H15Cl2NO3/c19-14-6-13(7-15(20)9-14)18(23)24-10-17(22)21-16-5-4-11-2-1-3-12(11)8-16/h4-9H,1-3,10H2,(H,21,22). The second kappa shape index (κ2) is 7.24. The van der Waals surface area contributed by atoms with Gasteiger partial charge in [-0.2, -0.15) is 0 Å². The van der Waals surface area contributed by atoms with Crippen molar-refractivity contribution >= 4 is 40.8 Å². The highest BCUT2D eigenvalue weighted by molar-refractivity contribution is 6.35. The van der Waals surface area contributed by atoms with Crippen LogP contribution in [-0.2, 0) is 22.4 Å². The minimum absolute atomic E-state index is 0.206. The van der Waals surface area contributed by atoms with Crippen LogP contribution in [0.4, 0.5) is 5.69 Å². The minimum atomic E-state index is -0.650. The van der Waals surface area contributed by atoms with E-state index < -0.39 is 11.9 Å². The average Bonchev–Trinajstić information content (AvgIpc) is 2.99. The van der Waals surface area contributed by atoms with Gasteiger partial charge in [-0.15, -0.1) is 0 Å². The molecule has 2 aromatic carbocycles. The van der Waals surface area contributed by atoms with E-state index in [-0.39, 0.29) is 12.2 Å². The second-order valence-corrected chi connectivity index (χ2v) is 6.49. The maximum atomic E-state index is 11.9. The van der Waals surface area contributed by atoms with Gasteiger partial charge >= 0.3 is 5.97 Å². The summed E-state index contributed by atoms with van der Waals surface area (Å²) in [6.45, 7) is -0.375. The molecule has 2 aromatic rings. The lowest BCUT2D eigenvalue weighted by molar-refractivity contribution is -0.119. The number of hydrogen-bond donors (Lipinski definition) is 1. The van der Waals surface area contributed by atoms with Crippen LogP contribution in [0.2, 0.25) is 10.0 Å². The van der Waals surface area contributed by atoms with E-state index in [1.54, 1.807) is 0 Å². The highest BCUT2D eigenvalue weighted by Gasteiger charge is 2.14. The normalized spacial score (nSPS) is 12.6. The largest absolute Gasteiger partial charge is 0.452 e. The second-order valence-electron chi connectivity index (χ2n) is 5.62. The molecule has 1 amide bonds. The summed E-state index contributed by atoms with van der Waals surface area (Å²) in [6, 6.07) is 10.3. The van der Waals surface area contributed by atoms with Crippen LogP contribution in [0.1, 0.15) is 27.9 Å². The lowest BCUT2D eigenvalue weighted by Crippen LogP contribution is -2.21. The van der Waals surface area contributed by atoms with Crippen molar-refractivity contribution < 1.29 is 14.3 Å². The third-order valence-electron chi connectivity index (χ3n) is 3.81. The van der Waals surface area contributed by atoms with E-state index in [0.29, 0.717) is 15.7 Å². The van der Waals surface area contributed by atoms with Crippen LogP contribution in [0.25, 0.3) is 0 Å². The highest BCUT2D eigenvalue weighted by Crippen LogP contribution is 2.25. The van der Waals surface area contributed by atoms with Gasteiger partial charge in [0.15, 0.2) is 6.61 Å². The van der Waals surface area contributed by atoms with E-state index >= 15 is 0 Å². The number of rotatable bonds is 4. The van der Waals surface area contributed by atoms with Gasteiger partial charge < -0.3 is 10.1 Å². The van der Waals surface area contributed by atoms with Gasteiger partial charge in [-0.25, -0.2) is 4.79 Å². The fraction of sp³-hybridized carbons (Fsp3) is 0.222. The molecule has 0 fully saturated rings. The van der Waals surface area contributed by atoms with E-state index in [1.807, 2.05) is 18.2 Å². The molecule has 0 heterocycles. The molecule has 4 nitrogen and oxygen atoms in total. The van der Waals surface area contributed by atoms with Crippen molar-refractivity contribution in [1.29, 1.82) is 0 Å². The number of fused-ring (bicyclic) bond motifs is 1. The first-order valence-corrected chi connectivity index (χ1v) is 8.32. The van der Waals surface area contributed by atoms with Crippen LogP contribution in [0, 0.1) is 0 Å². The summed E-state index contributed by atoms with van der Waals surface area (Å²) in [4.78, 5) is 23.9. The van der Waals surface area contributed by atoms with Crippen molar-refractivity contribution in [2.45, 2.75) is 19.3 Å². The molecule has 0 atom stereocenters. The van der Waals surface area contributed by atoms with E-state index in [0.717, 1.165) is 19.3 Å². The van der Waals surface area contributed by atoms with E-state index in [4.69, 9.17) is 27.9 Å². The third kappa shape index (κ3) is 4.08. The molecule has 1 N–H and O–H groups in total. The SMILES string of the molecule is O=C(COC(=O)c1cc(Cl)cc(Cl)c1)Nc1ccc2c(c1)CCC2. The zero-order valence-electron chi connectivity index (χ0n) is 12.8. The number of hydrogen-bond acceptors (Lipinski definition) is 3. The summed E-state index contributed by atoms with van der Waals surface area (Å²) in [6.07, 6.45) is 3.26. The fourth-order valence-electron chi connectivity index (χ4n) is 2.73. The number of amides is 1. The van der Waals surface area contributed by atoms with Gasteiger partial charge in [0.1, 0.15) is 0 Å². The van der Waals surface area contributed by atoms with E-state index in [1.165, 1.54) is 29.3 Å². The van der Waals surface area contributed by atoms with Gasteiger partial charge in [0.05, 0.1) is 5.56 Å². The predicted octanol–water partition coefficient (Wildman–Crippen LogP) is 4.28. The van der Waals surface area contributed by atoms with Crippen LogP contribution < -0.4 is 5.32 Å². The van der Waals surface area contributed by atoms with Gasteiger partial charge in [0.25, 0.3) is 5.91 Å².